The first-order valence-electron chi connectivity index (χ1n) is 11.2. The molecule has 0 N–H and O–H groups in total. The zero-order valence-electron chi connectivity index (χ0n) is 19.2. The zero-order valence-corrected chi connectivity index (χ0v) is 14.2. The van der Waals surface area contributed by atoms with Gasteiger partial charge in [0, 0.05) is 5.46 Å². The van der Waals surface area contributed by atoms with Crippen LogP contribution in [-0.4, -0.2) is 6.71 Å². The Morgan fingerprint density at radius 2 is 1.19 bits per heavy atom. The molecule has 0 bridgehead atoms. The molecule has 0 aromatic heterocycles. The Morgan fingerprint density at radius 3 is 1.78 bits per heavy atom. The molecule has 0 unspecified atom stereocenters. The van der Waals surface area contributed by atoms with E-state index in [1.54, 1.807) is 12.1 Å². The van der Waals surface area contributed by atoms with Gasteiger partial charge in [-0.1, -0.05) is 66.6 Å². The lowest BCUT2D eigenvalue weighted by Crippen LogP contribution is -2.57. The van der Waals surface area contributed by atoms with E-state index in [0.29, 0.717) is 17.1 Å². The summed E-state index contributed by atoms with van der Waals surface area (Å²) in [4.78, 5) is 0. The summed E-state index contributed by atoms with van der Waals surface area (Å²) in [5, 5.41) is 0. The quantitative estimate of drug-likeness (QED) is 0.416. The summed E-state index contributed by atoms with van der Waals surface area (Å²) in [7, 11) is 0. The number of fused-ring (bicyclic) bond motifs is 4. The van der Waals surface area contributed by atoms with Gasteiger partial charge in [0.05, 0.1) is 6.85 Å². The van der Waals surface area contributed by atoms with Crippen molar-refractivity contribution in [3.8, 4) is 34.1 Å². The van der Waals surface area contributed by atoms with Gasteiger partial charge in [0.2, 0.25) is 0 Å². The van der Waals surface area contributed by atoms with Gasteiger partial charge in [0.25, 0.3) is 6.71 Å². The smallest absolute Gasteiger partial charge is 0.260 e. The van der Waals surface area contributed by atoms with E-state index in [4.69, 9.17) is 16.3 Å². The summed E-state index contributed by atoms with van der Waals surface area (Å²) in [6.45, 7) is -0.0796. The lowest BCUT2D eigenvalue weighted by atomic mass is 9.35. The molecular formula is C24H15BO2. The molecule has 2 aliphatic rings. The molecule has 0 spiro atoms. The number of rotatable bonds is 1. The van der Waals surface area contributed by atoms with Gasteiger partial charge in [0.1, 0.15) is 23.0 Å². The maximum Gasteiger partial charge on any atom is 0.260 e. The van der Waals surface area contributed by atoms with E-state index in [9.17, 15) is 0 Å². The molecule has 27 heavy (non-hydrogen) atoms. The number of hydrogen-bond donors (Lipinski definition) is 0. The molecule has 0 saturated heterocycles. The Kier molecular flexibility index (Phi) is 2.17. The molecule has 126 valence electrons. The maximum atomic E-state index is 8.37. The Bertz CT molecular complexity index is 1350. The summed E-state index contributed by atoms with van der Waals surface area (Å²) in [5.74, 6) is 2.57. The van der Waals surface area contributed by atoms with Gasteiger partial charge in [-0.05, 0) is 46.3 Å². The fraction of sp³-hybridized carbons (Fsp3) is 0. The molecular weight excluding hydrogens is 331 g/mol. The zero-order chi connectivity index (χ0) is 22.1. The molecule has 0 amide bonds. The predicted molar refractivity (Wildman–Crippen MR) is 110 cm³/mol. The van der Waals surface area contributed by atoms with Crippen LogP contribution in [0.5, 0.6) is 23.0 Å². The number of para-hydroxylation sites is 2. The van der Waals surface area contributed by atoms with Crippen LogP contribution >= 0.6 is 0 Å². The van der Waals surface area contributed by atoms with E-state index in [1.165, 1.54) is 0 Å². The fourth-order valence-corrected chi connectivity index (χ4v) is 3.93. The highest BCUT2D eigenvalue weighted by molar-refractivity contribution is 6.98. The van der Waals surface area contributed by atoms with E-state index in [0.717, 1.165) is 27.9 Å². The van der Waals surface area contributed by atoms with Crippen molar-refractivity contribution in [2.24, 2.45) is 0 Å². The minimum atomic E-state index is -0.418. The molecule has 2 nitrogen and oxygen atoms in total. The number of benzene rings is 4. The topological polar surface area (TPSA) is 18.5 Å². The standard InChI is InChI=1S/C24H15BO2/c1-2-8-16(9-3-1)17-14-22-24-23(15-17)27-21-13-7-5-11-19(21)25(24)18-10-4-6-12-20(18)26-22/h1-15H/i1D,2D,3D,8D,9D. The molecule has 0 fully saturated rings. The van der Waals surface area contributed by atoms with Crippen LogP contribution in [0.25, 0.3) is 11.1 Å². The SMILES string of the molecule is [2H]c1c([2H])c([2H])c(-c2cc3c4c(c2)Oc2ccccc2B4c2ccccc2O3)c([2H])c1[2H]. The van der Waals surface area contributed by atoms with Gasteiger partial charge in [0.15, 0.2) is 0 Å². The van der Waals surface area contributed by atoms with E-state index in [-0.39, 0.29) is 36.4 Å². The van der Waals surface area contributed by atoms with Crippen molar-refractivity contribution in [2.45, 2.75) is 0 Å². The van der Waals surface area contributed by atoms with Crippen LogP contribution in [0.15, 0.2) is 90.9 Å². The van der Waals surface area contributed by atoms with Crippen molar-refractivity contribution >= 4 is 23.1 Å². The van der Waals surface area contributed by atoms with Crippen LogP contribution in [0.3, 0.4) is 0 Å². The first-order valence-corrected chi connectivity index (χ1v) is 8.74. The van der Waals surface area contributed by atoms with E-state index in [1.807, 2.05) is 48.5 Å². The lowest BCUT2D eigenvalue weighted by molar-refractivity contribution is 0.465. The fourth-order valence-electron chi connectivity index (χ4n) is 3.93. The predicted octanol–water partition coefficient (Wildman–Crippen LogP) is 4.08. The second-order valence-electron chi connectivity index (χ2n) is 6.60. The largest absolute Gasteiger partial charge is 0.458 e. The van der Waals surface area contributed by atoms with Gasteiger partial charge >= 0.3 is 0 Å². The Balaban J connectivity index is 1.65. The molecule has 4 aromatic carbocycles. The summed E-state index contributed by atoms with van der Waals surface area (Å²) in [5.41, 5.74) is 3.52. The van der Waals surface area contributed by atoms with Gasteiger partial charge < -0.3 is 9.47 Å². The lowest BCUT2D eigenvalue weighted by Gasteiger charge is -2.33. The molecule has 0 aliphatic carbocycles. The molecule has 0 saturated carbocycles. The average molecular weight is 351 g/mol. The van der Waals surface area contributed by atoms with Gasteiger partial charge in [-0.15, -0.1) is 0 Å². The highest BCUT2D eigenvalue weighted by atomic mass is 16.5. The first kappa shape index (κ1) is 10.6. The van der Waals surface area contributed by atoms with Crippen LogP contribution in [0.1, 0.15) is 6.85 Å². The third-order valence-electron chi connectivity index (χ3n) is 5.08. The van der Waals surface area contributed by atoms with Gasteiger partial charge in [-0.2, -0.15) is 0 Å². The molecule has 0 atom stereocenters. The highest BCUT2D eigenvalue weighted by Crippen LogP contribution is 2.37. The molecule has 2 aliphatic heterocycles. The number of hydrogen-bond acceptors (Lipinski definition) is 2. The molecule has 3 heteroatoms. The highest BCUT2D eigenvalue weighted by Gasteiger charge is 2.39. The van der Waals surface area contributed by atoms with Crippen LogP contribution < -0.4 is 25.9 Å². The van der Waals surface area contributed by atoms with E-state index >= 15 is 0 Å². The second kappa shape index (κ2) is 5.52. The van der Waals surface area contributed by atoms with Crippen LogP contribution in [-0.2, 0) is 0 Å². The maximum absolute atomic E-state index is 8.37. The Morgan fingerprint density at radius 1 is 0.630 bits per heavy atom. The van der Waals surface area contributed by atoms with Gasteiger partial charge in [-0.25, -0.2) is 0 Å². The van der Waals surface area contributed by atoms with Crippen LogP contribution in [0.4, 0.5) is 0 Å². The molecule has 0 radical (unpaired) electrons. The summed E-state index contributed by atoms with van der Waals surface area (Å²) in [6, 6.07) is 17.5. The van der Waals surface area contributed by atoms with Crippen LogP contribution in [0.2, 0.25) is 0 Å². The molecule has 2 heterocycles. The molecule has 6 rings (SSSR count). The van der Waals surface area contributed by atoms with Gasteiger partial charge in [-0.3, -0.25) is 0 Å². The van der Waals surface area contributed by atoms with Crippen molar-refractivity contribution in [1.29, 1.82) is 0 Å². The van der Waals surface area contributed by atoms with Crippen LogP contribution in [0, 0.1) is 0 Å². The van der Waals surface area contributed by atoms with Crippen molar-refractivity contribution in [1.82, 2.24) is 0 Å². The third-order valence-corrected chi connectivity index (χ3v) is 5.08. The minimum Gasteiger partial charge on any atom is -0.458 e. The Labute approximate surface area is 165 Å². The minimum absolute atomic E-state index is 0.0796. The van der Waals surface area contributed by atoms with E-state index < -0.39 is 6.04 Å². The monoisotopic (exact) mass is 351 g/mol. The first-order chi connectivity index (χ1) is 15.5. The number of ether oxygens (including phenoxy) is 2. The van der Waals surface area contributed by atoms with Crippen molar-refractivity contribution in [3.05, 3.63) is 90.9 Å². The average Bonchev–Trinajstić information content (AvgIpc) is 2.81. The molecule has 4 aromatic rings. The summed E-state index contributed by atoms with van der Waals surface area (Å²) < 4.78 is 53.2. The second-order valence-corrected chi connectivity index (χ2v) is 6.60. The third kappa shape index (κ3) is 2.15. The Hall–Kier alpha value is -3.46. The summed E-state index contributed by atoms with van der Waals surface area (Å²) >= 11 is 0. The van der Waals surface area contributed by atoms with Crippen molar-refractivity contribution in [2.75, 3.05) is 0 Å². The van der Waals surface area contributed by atoms with E-state index in [2.05, 4.69) is 0 Å². The van der Waals surface area contributed by atoms with Crippen molar-refractivity contribution in [3.63, 3.8) is 0 Å². The van der Waals surface area contributed by atoms with Crippen molar-refractivity contribution < 1.29 is 16.3 Å². The normalized spacial score (nSPS) is 15.6. The summed E-state index contributed by atoms with van der Waals surface area (Å²) in [6.07, 6.45) is 0.